The summed E-state index contributed by atoms with van der Waals surface area (Å²) in [6.45, 7) is 2.81. The second-order valence-corrected chi connectivity index (χ2v) is 8.74. The maximum Gasteiger partial charge on any atom is 0.321 e. The van der Waals surface area contributed by atoms with E-state index in [1.807, 2.05) is 54.6 Å². The third kappa shape index (κ3) is 6.27. The molecule has 186 valence electrons. The van der Waals surface area contributed by atoms with Crippen molar-refractivity contribution in [3.63, 3.8) is 0 Å². The van der Waals surface area contributed by atoms with E-state index in [-0.39, 0.29) is 30.1 Å². The number of piperazine rings is 1. The number of carbonyl (C=O) groups is 3. The van der Waals surface area contributed by atoms with Gasteiger partial charge in [-0.3, -0.25) is 9.59 Å². The number of nitrogens with zero attached hydrogens (tertiary/aromatic N) is 2. The molecule has 0 radical (unpaired) electrons. The Morgan fingerprint density at radius 2 is 1.44 bits per heavy atom. The Kier molecular flexibility index (Phi) is 7.95. The van der Waals surface area contributed by atoms with Crippen LogP contribution in [0.5, 0.6) is 0 Å². The molecule has 3 aromatic carbocycles. The average Bonchev–Trinajstić information content (AvgIpc) is 2.90. The molecule has 2 N–H and O–H groups in total. The number of benzene rings is 3. The van der Waals surface area contributed by atoms with Crippen LogP contribution >= 0.6 is 0 Å². The SMILES string of the molecule is CC(=O)N[C@H](Cc1ccc(F)cc1)C(=O)N1CCN(C(=O)Nc2ccccc2-c2ccccc2)CC1. The van der Waals surface area contributed by atoms with E-state index < -0.39 is 6.04 Å². The Morgan fingerprint density at radius 1 is 0.833 bits per heavy atom. The number of urea groups is 1. The minimum Gasteiger partial charge on any atom is -0.344 e. The second kappa shape index (κ2) is 11.5. The number of hydrogen-bond acceptors (Lipinski definition) is 3. The van der Waals surface area contributed by atoms with Crippen molar-refractivity contribution in [2.75, 3.05) is 31.5 Å². The van der Waals surface area contributed by atoms with E-state index in [2.05, 4.69) is 10.6 Å². The van der Waals surface area contributed by atoms with Gasteiger partial charge in [-0.2, -0.15) is 0 Å². The van der Waals surface area contributed by atoms with Crippen LogP contribution < -0.4 is 10.6 Å². The summed E-state index contributed by atoms with van der Waals surface area (Å²) in [6.07, 6.45) is 0.260. The van der Waals surface area contributed by atoms with E-state index in [9.17, 15) is 18.8 Å². The lowest BCUT2D eigenvalue weighted by Gasteiger charge is -2.36. The molecular formula is C28H29FN4O3. The van der Waals surface area contributed by atoms with Gasteiger partial charge in [0.05, 0.1) is 5.69 Å². The molecule has 0 aliphatic carbocycles. The standard InChI is InChI=1S/C28H29FN4O3/c1-20(34)30-26(19-21-11-13-23(29)14-12-21)27(35)32-15-17-33(18-16-32)28(36)31-25-10-6-5-9-24(25)22-7-3-2-4-8-22/h2-14,26H,15-19H2,1H3,(H,30,34)(H,31,36)/t26-/m1/s1. The van der Waals surface area contributed by atoms with Crippen molar-refractivity contribution in [1.82, 2.24) is 15.1 Å². The van der Waals surface area contributed by atoms with Crippen molar-refractivity contribution in [1.29, 1.82) is 0 Å². The Morgan fingerprint density at radius 3 is 2.11 bits per heavy atom. The highest BCUT2D eigenvalue weighted by atomic mass is 19.1. The van der Waals surface area contributed by atoms with Gasteiger partial charge in [-0.25, -0.2) is 9.18 Å². The number of para-hydroxylation sites is 1. The van der Waals surface area contributed by atoms with Gasteiger partial charge in [0.2, 0.25) is 11.8 Å². The normalized spacial score (nSPS) is 14.2. The minimum absolute atomic E-state index is 0.219. The largest absolute Gasteiger partial charge is 0.344 e. The number of rotatable bonds is 6. The highest BCUT2D eigenvalue weighted by Gasteiger charge is 2.30. The molecule has 8 heteroatoms. The minimum atomic E-state index is -0.758. The predicted octanol–water partition coefficient (Wildman–Crippen LogP) is 3.92. The first kappa shape index (κ1) is 24.9. The fourth-order valence-electron chi connectivity index (χ4n) is 4.31. The summed E-state index contributed by atoms with van der Waals surface area (Å²) in [5.74, 6) is -0.892. The Hall–Kier alpha value is -4.20. The van der Waals surface area contributed by atoms with Gasteiger partial charge in [0.25, 0.3) is 0 Å². The van der Waals surface area contributed by atoms with Gasteiger partial charge in [-0.1, -0.05) is 60.7 Å². The molecule has 7 nitrogen and oxygen atoms in total. The van der Waals surface area contributed by atoms with Crippen LogP contribution in [0.3, 0.4) is 0 Å². The molecular weight excluding hydrogens is 459 g/mol. The van der Waals surface area contributed by atoms with E-state index in [4.69, 9.17) is 0 Å². The molecule has 0 spiro atoms. The quantitative estimate of drug-likeness (QED) is 0.552. The lowest BCUT2D eigenvalue weighted by molar-refractivity contribution is -0.137. The zero-order valence-electron chi connectivity index (χ0n) is 20.1. The fraction of sp³-hybridized carbons (Fsp3) is 0.250. The molecule has 4 amide bonds. The molecule has 36 heavy (non-hydrogen) atoms. The van der Waals surface area contributed by atoms with Crippen LogP contribution in [0, 0.1) is 5.82 Å². The molecule has 1 fully saturated rings. The Labute approximate surface area is 209 Å². The van der Waals surface area contributed by atoms with Crippen molar-refractivity contribution in [3.8, 4) is 11.1 Å². The molecule has 0 unspecified atom stereocenters. The van der Waals surface area contributed by atoms with Crippen LogP contribution in [-0.4, -0.2) is 59.9 Å². The average molecular weight is 489 g/mol. The van der Waals surface area contributed by atoms with Crippen molar-refractivity contribution < 1.29 is 18.8 Å². The van der Waals surface area contributed by atoms with Crippen LogP contribution in [0.1, 0.15) is 12.5 Å². The third-order valence-electron chi connectivity index (χ3n) is 6.16. The molecule has 4 rings (SSSR count). The van der Waals surface area contributed by atoms with Crippen molar-refractivity contribution in [3.05, 3.63) is 90.2 Å². The summed E-state index contributed by atoms with van der Waals surface area (Å²) in [5.41, 5.74) is 3.41. The van der Waals surface area contributed by atoms with E-state index >= 15 is 0 Å². The number of halogens is 1. The highest BCUT2D eigenvalue weighted by molar-refractivity contribution is 5.94. The van der Waals surface area contributed by atoms with Gasteiger partial charge in [-0.05, 0) is 29.3 Å². The summed E-state index contributed by atoms with van der Waals surface area (Å²) < 4.78 is 13.2. The molecule has 1 aliphatic heterocycles. The maximum atomic E-state index is 13.2. The number of anilines is 1. The maximum absolute atomic E-state index is 13.2. The van der Waals surface area contributed by atoms with Crippen LogP contribution in [0.4, 0.5) is 14.9 Å². The molecule has 1 saturated heterocycles. The fourth-order valence-corrected chi connectivity index (χ4v) is 4.31. The zero-order chi connectivity index (χ0) is 25.5. The number of amides is 4. The molecule has 0 bridgehead atoms. The van der Waals surface area contributed by atoms with E-state index in [1.165, 1.54) is 19.1 Å². The topological polar surface area (TPSA) is 81.8 Å². The summed E-state index contributed by atoms with van der Waals surface area (Å²) in [4.78, 5) is 41.3. The van der Waals surface area contributed by atoms with Gasteiger partial charge in [-0.15, -0.1) is 0 Å². The van der Waals surface area contributed by atoms with E-state index in [0.717, 1.165) is 22.4 Å². The molecule has 0 aromatic heterocycles. The zero-order valence-corrected chi connectivity index (χ0v) is 20.1. The van der Waals surface area contributed by atoms with E-state index in [0.29, 0.717) is 26.2 Å². The van der Waals surface area contributed by atoms with Crippen LogP contribution in [0.25, 0.3) is 11.1 Å². The van der Waals surface area contributed by atoms with Gasteiger partial charge in [0.15, 0.2) is 0 Å². The third-order valence-corrected chi connectivity index (χ3v) is 6.16. The van der Waals surface area contributed by atoms with Gasteiger partial charge in [0.1, 0.15) is 11.9 Å². The summed E-state index contributed by atoms with van der Waals surface area (Å²) in [7, 11) is 0. The second-order valence-electron chi connectivity index (χ2n) is 8.74. The number of hydrogen-bond donors (Lipinski definition) is 2. The highest BCUT2D eigenvalue weighted by Crippen LogP contribution is 2.27. The number of carbonyl (C=O) groups excluding carboxylic acids is 3. The van der Waals surface area contributed by atoms with Crippen LogP contribution in [-0.2, 0) is 16.0 Å². The molecule has 0 saturated carbocycles. The monoisotopic (exact) mass is 488 g/mol. The molecule has 1 heterocycles. The summed E-state index contributed by atoms with van der Waals surface area (Å²) >= 11 is 0. The summed E-state index contributed by atoms with van der Waals surface area (Å²) in [6, 6.07) is 22.4. The van der Waals surface area contributed by atoms with Crippen molar-refractivity contribution in [2.24, 2.45) is 0 Å². The Balaban J connectivity index is 1.37. The first-order valence-corrected chi connectivity index (χ1v) is 11.9. The van der Waals surface area contributed by atoms with Gasteiger partial charge < -0.3 is 20.4 Å². The molecule has 1 atom stereocenters. The first-order chi connectivity index (χ1) is 17.4. The van der Waals surface area contributed by atoms with Gasteiger partial charge in [0, 0.05) is 45.1 Å². The van der Waals surface area contributed by atoms with Gasteiger partial charge >= 0.3 is 6.03 Å². The number of nitrogens with one attached hydrogen (secondary N) is 2. The smallest absolute Gasteiger partial charge is 0.321 e. The molecule has 1 aliphatic rings. The van der Waals surface area contributed by atoms with Crippen LogP contribution in [0.15, 0.2) is 78.9 Å². The Bertz CT molecular complexity index is 1210. The van der Waals surface area contributed by atoms with Crippen molar-refractivity contribution in [2.45, 2.75) is 19.4 Å². The predicted molar refractivity (Wildman–Crippen MR) is 137 cm³/mol. The summed E-state index contributed by atoms with van der Waals surface area (Å²) in [5, 5.41) is 5.72. The van der Waals surface area contributed by atoms with Crippen LogP contribution in [0.2, 0.25) is 0 Å². The van der Waals surface area contributed by atoms with E-state index in [1.54, 1.807) is 21.9 Å². The lowest BCUT2D eigenvalue weighted by Crippen LogP contribution is -2.56. The molecule has 3 aromatic rings. The first-order valence-electron chi connectivity index (χ1n) is 11.9. The lowest BCUT2D eigenvalue weighted by atomic mass is 10.0. The van der Waals surface area contributed by atoms with Crippen molar-refractivity contribution >= 4 is 23.5 Å².